The minimum Gasteiger partial charge on any atom is -0.463 e. The second-order valence-electron chi connectivity index (χ2n) is 4.42. The normalized spacial score (nSPS) is 10.8. The summed E-state index contributed by atoms with van der Waals surface area (Å²) in [7, 11) is 0. The van der Waals surface area contributed by atoms with E-state index < -0.39 is 0 Å². The molecular formula is C15H18BrNO. The van der Waals surface area contributed by atoms with Crippen molar-refractivity contribution in [3.63, 3.8) is 0 Å². The Morgan fingerprint density at radius 1 is 1.28 bits per heavy atom. The van der Waals surface area contributed by atoms with Gasteiger partial charge < -0.3 is 9.73 Å². The summed E-state index contributed by atoms with van der Waals surface area (Å²) in [6.45, 7) is 6.28. The monoisotopic (exact) mass is 307 g/mol. The van der Waals surface area contributed by atoms with Crippen LogP contribution in [0.2, 0.25) is 0 Å². The van der Waals surface area contributed by atoms with Crippen molar-refractivity contribution in [2.24, 2.45) is 0 Å². The van der Waals surface area contributed by atoms with Gasteiger partial charge in [0.05, 0.1) is 10.7 Å². The number of rotatable bonds is 5. The van der Waals surface area contributed by atoms with Gasteiger partial charge in [0.25, 0.3) is 0 Å². The van der Waals surface area contributed by atoms with Crippen LogP contribution in [0.1, 0.15) is 24.5 Å². The van der Waals surface area contributed by atoms with Gasteiger partial charge in [-0.05, 0) is 53.0 Å². The molecule has 0 aliphatic carbocycles. The molecule has 0 aliphatic heterocycles. The van der Waals surface area contributed by atoms with E-state index in [9.17, 15) is 0 Å². The van der Waals surface area contributed by atoms with E-state index in [0.29, 0.717) is 0 Å². The summed E-state index contributed by atoms with van der Waals surface area (Å²) in [4.78, 5) is 0. The highest BCUT2D eigenvalue weighted by Crippen LogP contribution is 2.31. The third-order valence-corrected chi connectivity index (χ3v) is 3.53. The lowest BCUT2D eigenvalue weighted by Crippen LogP contribution is -2.13. The Kier molecular flexibility index (Phi) is 4.61. The van der Waals surface area contributed by atoms with Crippen LogP contribution in [0.25, 0.3) is 11.3 Å². The lowest BCUT2D eigenvalue weighted by Gasteiger charge is -2.08. The molecule has 18 heavy (non-hydrogen) atoms. The minimum atomic E-state index is 0.903. The topological polar surface area (TPSA) is 25.2 Å². The molecule has 1 aromatic carbocycles. The standard InChI is InChI=1S/C15H18BrNO/c1-3-7-17-10-12-4-5-13(11(2)9-12)15-14(16)6-8-18-15/h4-6,8-9,17H,3,7,10H2,1-2H3. The second-order valence-corrected chi connectivity index (χ2v) is 5.28. The molecule has 0 amide bonds. The largest absolute Gasteiger partial charge is 0.463 e. The van der Waals surface area contributed by atoms with Gasteiger partial charge in [-0.25, -0.2) is 0 Å². The summed E-state index contributed by atoms with van der Waals surface area (Å²) >= 11 is 3.50. The molecule has 2 aromatic rings. The molecule has 0 saturated heterocycles. The van der Waals surface area contributed by atoms with Crippen LogP contribution < -0.4 is 5.32 Å². The molecule has 96 valence electrons. The van der Waals surface area contributed by atoms with Crippen molar-refractivity contribution in [2.45, 2.75) is 26.8 Å². The first kappa shape index (κ1) is 13.4. The average molecular weight is 308 g/mol. The van der Waals surface area contributed by atoms with Gasteiger partial charge in [0, 0.05) is 12.1 Å². The maximum Gasteiger partial charge on any atom is 0.148 e. The van der Waals surface area contributed by atoms with Crippen LogP contribution in [0.15, 0.2) is 39.4 Å². The maximum atomic E-state index is 5.51. The van der Waals surface area contributed by atoms with E-state index in [1.807, 2.05) is 6.07 Å². The van der Waals surface area contributed by atoms with Crippen molar-refractivity contribution in [2.75, 3.05) is 6.54 Å². The smallest absolute Gasteiger partial charge is 0.148 e. The van der Waals surface area contributed by atoms with Gasteiger partial charge >= 0.3 is 0 Å². The van der Waals surface area contributed by atoms with Gasteiger partial charge in [0.2, 0.25) is 0 Å². The van der Waals surface area contributed by atoms with Gasteiger partial charge in [0.1, 0.15) is 5.76 Å². The Hall–Kier alpha value is -1.06. The Morgan fingerprint density at radius 3 is 2.72 bits per heavy atom. The Balaban J connectivity index is 2.18. The molecular weight excluding hydrogens is 290 g/mol. The lowest BCUT2D eigenvalue weighted by atomic mass is 10.0. The Bertz CT molecular complexity index is 519. The molecule has 2 nitrogen and oxygen atoms in total. The molecule has 0 spiro atoms. The zero-order chi connectivity index (χ0) is 13.0. The molecule has 1 heterocycles. The molecule has 1 aromatic heterocycles. The third-order valence-electron chi connectivity index (χ3n) is 2.91. The van der Waals surface area contributed by atoms with E-state index in [-0.39, 0.29) is 0 Å². The number of aryl methyl sites for hydroxylation is 1. The number of hydrogen-bond acceptors (Lipinski definition) is 2. The minimum absolute atomic E-state index is 0.903. The van der Waals surface area contributed by atoms with Crippen LogP contribution in [0.3, 0.4) is 0 Å². The predicted octanol–water partition coefficient (Wildman–Crippen LogP) is 4.52. The number of hydrogen-bond donors (Lipinski definition) is 1. The Morgan fingerprint density at radius 2 is 2.11 bits per heavy atom. The molecule has 2 rings (SSSR count). The molecule has 0 saturated carbocycles. The highest BCUT2D eigenvalue weighted by molar-refractivity contribution is 9.10. The van der Waals surface area contributed by atoms with E-state index in [2.05, 4.69) is 53.3 Å². The fourth-order valence-corrected chi connectivity index (χ4v) is 2.40. The maximum absolute atomic E-state index is 5.51. The molecule has 0 aliphatic rings. The third kappa shape index (κ3) is 3.03. The molecule has 3 heteroatoms. The first-order valence-corrected chi connectivity index (χ1v) is 7.05. The molecule has 1 N–H and O–H groups in total. The van der Waals surface area contributed by atoms with Gasteiger partial charge in [-0.2, -0.15) is 0 Å². The van der Waals surface area contributed by atoms with E-state index in [1.165, 1.54) is 11.1 Å². The number of furan rings is 1. The first-order valence-electron chi connectivity index (χ1n) is 6.26. The fraction of sp³-hybridized carbons (Fsp3) is 0.333. The number of benzene rings is 1. The summed E-state index contributed by atoms with van der Waals surface area (Å²) in [6.07, 6.45) is 2.87. The summed E-state index contributed by atoms with van der Waals surface area (Å²) in [5.74, 6) is 0.903. The summed E-state index contributed by atoms with van der Waals surface area (Å²) in [5.41, 5.74) is 3.69. The highest BCUT2D eigenvalue weighted by Gasteiger charge is 2.09. The van der Waals surface area contributed by atoms with E-state index in [4.69, 9.17) is 4.42 Å². The molecule has 0 atom stereocenters. The predicted molar refractivity (Wildman–Crippen MR) is 78.6 cm³/mol. The van der Waals surface area contributed by atoms with Crippen molar-refractivity contribution in [1.82, 2.24) is 5.32 Å². The van der Waals surface area contributed by atoms with Crippen molar-refractivity contribution in [1.29, 1.82) is 0 Å². The quantitative estimate of drug-likeness (QED) is 0.822. The fourth-order valence-electron chi connectivity index (χ4n) is 1.99. The first-order chi connectivity index (χ1) is 8.72. The van der Waals surface area contributed by atoms with Crippen molar-refractivity contribution < 1.29 is 4.42 Å². The molecule has 0 unspecified atom stereocenters. The number of halogens is 1. The Labute approximate surface area is 117 Å². The van der Waals surface area contributed by atoms with Gasteiger partial charge in [0.15, 0.2) is 0 Å². The van der Waals surface area contributed by atoms with Crippen LogP contribution >= 0.6 is 15.9 Å². The van der Waals surface area contributed by atoms with Crippen LogP contribution in [-0.2, 0) is 6.54 Å². The van der Waals surface area contributed by atoms with E-state index in [1.54, 1.807) is 6.26 Å². The summed E-state index contributed by atoms with van der Waals surface area (Å²) in [5, 5.41) is 3.41. The van der Waals surface area contributed by atoms with Crippen LogP contribution in [0, 0.1) is 6.92 Å². The van der Waals surface area contributed by atoms with Crippen molar-refractivity contribution in [3.05, 3.63) is 46.1 Å². The zero-order valence-corrected chi connectivity index (χ0v) is 12.4. The summed E-state index contributed by atoms with van der Waals surface area (Å²) in [6, 6.07) is 8.42. The average Bonchev–Trinajstić information content (AvgIpc) is 2.76. The van der Waals surface area contributed by atoms with Crippen molar-refractivity contribution in [3.8, 4) is 11.3 Å². The second kappa shape index (κ2) is 6.21. The van der Waals surface area contributed by atoms with Crippen LogP contribution in [0.4, 0.5) is 0 Å². The highest BCUT2D eigenvalue weighted by atomic mass is 79.9. The van der Waals surface area contributed by atoms with Crippen molar-refractivity contribution >= 4 is 15.9 Å². The summed E-state index contributed by atoms with van der Waals surface area (Å²) < 4.78 is 6.51. The van der Waals surface area contributed by atoms with E-state index in [0.717, 1.165) is 35.3 Å². The SMILES string of the molecule is CCCNCc1ccc(-c2occc2Br)c(C)c1. The van der Waals surface area contributed by atoms with E-state index >= 15 is 0 Å². The van der Waals surface area contributed by atoms with Gasteiger partial charge in [-0.15, -0.1) is 0 Å². The lowest BCUT2D eigenvalue weighted by molar-refractivity contribution is 0.580. The van der Waals surface area contributed by atoms with Gasteiger partial charge in [-0.1, -0.05) is 25.1 Å². The number of nitrogens with one attached hydrogen (secondary N) is 1. The van der Waals surface area contributed by atoms with Crippen LogP contribution in [-0.4, -0.2) is 6.54 Å². The molecule has 0 radical (unpaired) electrons. The van der Waals surface area contributed by atoms with Crippen LogP contribution in [0.5, 0.6) is 0 Å². The zero-order valence-electron chi connectivity index (χ0n) is 10.8. The molecule has 0 fully saturated rings. The molecule has 0 bridgehead atoms. The van der Waals surface area contributed by atoms with Gasteiger partial charge in [-0.3, -0.25) is 0 Å².